The summed E-state index contributed by atoms with van der Waals surface area (Å²) in [6.45, 7) is 2.67. The van der Waals surface area contributed by atoms with Gasteiger partial charge in [-0.3, -0.25) is 0 Å². The minimum absolute atomic E-state index is 0.187. The van der Waals surface area contributed by atoms with Gasteiger partial charge in [0.1, 0.15) is 0 Å². The summed E-state index contributed by atoms with van der Waals surface area (Å²) in [5.41, 5.74) is -5.01. The number of rotatable bonds is 5. The topological polar surface area (TPSA) is 20.2 Å². The highest BCUT2D eigenvalue weighted by atomic mass is 35.5. The molecule has 1 N–H and O–H groups in total. The second-order valence-corrected chi connectivity index (χ2v) is 4.49. The lowest BCUT2D eigenvalue weighted by Gasteiger charge is -2.42. The molecule has 2 atom stereocenters. The largest absolute Gasteiger partial charge is 0.422 e. The third-order valence-corrected chi connectivity index (χ3v) is 2.97. The quantitative estimate of drug-likeness (QED) is 0.451. The van der Waals surface area contributed by atoms with E-state index >= 15 is 0 Å². The highest BCUT2D eigenvalue weighted by molar-refractivity contribution is 6.27. The average molecular weight is 341 g/mol. The molecular formula is C8H6Cl2F8O. The van der Waals surface area contributed by atoms with E-state index in [1.54, 1.807) is 0 Å². The summed E-state index contributed by atoms with van der Waals surface area (Å²) in [7, 11) is 0. The molecule has 0 heterocycles. The minimum atomic E-state index is -6.21. The lowest BCUT2D eigenvalue weighted by molar-refractivity contribution is -0.335. The number of halogens is 10. The van der Waals surface area contributed by atoms with Gasteiger partial charge in [0.2, 0.25) is 5.60 Å². The third-order valence-electron chi connectivity index (χ3n) is 2.18. The Kier molecular flexibility index (Phi) is 4.85. The van der Waals surface area contributed by atoms with Gasteiger partial charge in [0, 0.05) is 6.42 Å². The monoisotopic (exact) mass is 340 g/mol. The van der Waals surface area contributed by atoms with Gasteiger partial charge in [-0.25, -0.2) is 4.39 Å². The van der Waals surface area contributed by atoms with Gasteiger partial charge in [0.15, 0.2) is 0 Å². The molecule has 0 radical (unpaired) electrons. The Morgan fingerprint density at radius 3 is 1.53 bits per heavy atom. The molecule has 0 rings (SSSR count). The third kappa shape index (κ3) is 2.78. The molecule has 0 aliphatic heterocycles. The van der Waals surface area contributed by atoms with Gasteiger partial charge < -0.3 is 5.11 Å². The van der Waals surface area contributed by atoms with E-state index in [1.807, 2.05) is 0 Å². The molecule has 0 saturated heterocycles. The SMILES string of the molecule is C=CCC(O)(C(F)(F)F)C(F)(Cl)C(F)(F)C(F)(F)Cl. The zero-order valence-electron chi connectivity index (χ0n) is 8.72. The Bertz CT molecular complexity index is 348. The Morgan fingerprint density at radius 1 is 0.947 bits per heavy atom. The molecule has 0 spiro atoms. The molecule has 0 aromatic rings. The van der Waals surface area contributed by atoms with E-state index < -0.39 is 34.6 Å². The van der Waals surface area contributed by atoms with E-state index in [0.29, 0.717) is 0 Å². The fourth-order valence-corrected chi connectivity index (χ4v) is 1.55. The van der Waals surface area contributed by atoms with Gasteiger partial charge in [0.25, 0.3) is 5.13 Å². The molecule has 0 fully saturated rings. The van der Waals surface area contributed by atoms with Crippen molar-refractivity contribution in [2.24, 2.45) is 0 Å². The summed E-state index contributed by atoms with van der Waals surface area (Å²) in [6, 6.07) is 0. The van der Waals surface area contributed by atoms with Gasteiger partial charge in [-0.05, 0) is 11.6 Å². The molecule has 2 unspecified atom stereocenters. The van der Waals surface area contributed by atoms with Crippen LogP contribution in [-0.4, -0.2) is 33.3 Å². The van der Waals surface area contributed by atoms with Crippen molar-refractivity contribution in [3.8, 4) is 0 Å². The highest BCUT2D eigenvalue weighted by Crippen LogP contribution is 2.58. The van der Waals surface area contributed by atoms with Crippen LogP contribution in [0, 0.1) is 0 Å². The van der Waals surface area contributed by atoms with Crippen LogP contribution in [0.3, 0.4) is 0 Å². The van der Waals surface area contributed by atoms with Crippen molar-refractivity contribution in [2.75, 3.05) is 0 Å². The molecule has 0 aromatic carbocycles. The van der Waals surface area contributed by atoms with E-state index in [2.05, 4.69) is 29.8 Å². The maximum atomic E-state index is 13.5. The Hall–Kier alpha value is -0.280. The van der Waals surface area contributed by atoms with Crippen LogP contribution < -0.4 is 0 Å². The van der Waals surface area contributed by atoms with Crippen LogP contribution in [0.15, 0.2) is 12.7 Å². The number of aliphatic hydroxyl groups is 1. The van der Waals surface area contributed by atoms with Crippen LogP contribution >= 0.6 is 23.2 Å². The van der Waals surface area contributed by atoms with Crippen molar-refractivity contribution < 1.29 is 40.2 Å². The first kappa shape index (κ1) is 18.7. The zero-order valence-corrected chi connectivity index (χ0v) is 10.2. The molecule has 0 aliphatic carbocycles. The smallest absolute Gasteiger partial charge is 0.377 e. The maximum Gasteiger partial charge on any atom is 0.422 e. The maximum absolute atomic E-state index is 13.5. The number of hydrogen-bond acceptors (Lipinski definition) is 1. The van der Waals surface area contributed by atoms with Gasteiger partial charge in [-0.1, -0.05) is 17.7 Å². The van der Waals surface area contributed by atoms with Crippen molar-refractivity contribution in [1.82, 2.24) is 0 Å². The fraction of sp³-hybridized carbons (Fsp3) is 0.750. The molecule has 1 nitrogen and oxygen atoms in total. The number of hydrogen-bond donors (Lipinski definition) is 1. The van der Waals surface area contributed by atoms with Gasteiger partial charge in [-0.2, -0.15) is 30.7 Å². The Morgan fingerprint density at radius 2 is 1.32 bits per heavy atom. The van der Waals surface area contributed by atoms with E-state index in [4.69, 9.17) is 5.11 Å². The predicted molar refractivity (Wildman–Crippen MR) is 51.3 cm³/mol. The number of alkyl halides is 10. The van der Waals surface area contributed by atoms with E-state index in [1.165, 1.54) is 0 Å². The second kappa shape index (κ2) is 4.92. The Balaban J connectivity index is 6.03. The summed E-state index contributed by atoms with van der Waals surface area (Å²) in [5, 5.41) is -2.37. The molecule has 0 aliphatic rings. The first-order valence-corrected chi connectivity index (χ1v) is 5.04. The van der Waals surface area contributed by atoms with E-state index in [0.717, 1.165) is 0 Å². The van der Waals surface area contributed by atoms with Crippen LogP contribution in [0.25, 0.3) is 0 Å². The molecule has 11 heteroatoms. The van der Waals surface area contributed by atoms with Crippen LogP contribution in [0.5, 0.6) is 0 Å². The molecule has 19 heavy (non-hydrogen) atoms. The average Bonchev–Trinajstić information content (AvgIpc) is 2.13. The first-order chi connectivity index (χ1) is 8.06. The summed E-state index contributed by atoms with van der Waals surface area (Å²) in [5.74, 6) is -6.21. The van der Waals surface area contributed by atoms with Crippen LogP contribution in [-0.2, 0) is 0 Å². The molecule has 0 aromatic heterocycles. The predicted octanol–water partition coefficient (Wildman–Crippen LogP) is 4.23. The van der Waals surface area contributed by atoms with Crippen LogP contribution in [0.4, 0.5) is 35.1 Å². The van der Waals surface area contributed by atoms with Crippen molar-refractivity contribution in [2.45, 2.75) is 34.6 Å². The summed E-state index contributed by atoms with van der Waals surface area (Å²) in [6.07, 6.45) is -7.78. The molecule has 0 saturated carbocycles. The highest BCUT2D eigenvalue weighted by Gasteiger charge is 2.81. The van der Waals surface area contributed by atoms with Crippen molar-refractivity contribution >= 4 is 23.2 Å². The lowest BCUT2D eigenvalue weighted by Crippen LogP contribution is -2.68. The normalized spacial score (nSPS) is 20.6. The van der Waals surface area contributed by atoms with Crippen molar-refractivity contribution in [1.29, 1.82) is 0 Å². The fourth-order valence-electron chi connectivity index (χ4n) is 1.07. The second-order valence-electron chi connectivity index (χ2n) is 3.50. The Labute approximate surface area is 111 Å². The lowest BCUT2D eigenvalue weighted by atomic mass is 9.88. The summed E-state index contributed by atoms with van der Waals surface area (Å²) >= 11 is 8.14. The van der Waals surface area contributed by atoms with Crippen LogP contribution in [0.1, 0.15) is 6.42 Å². The van der Waals surface area contributed by atoms with Crippen molar-refractivity contribution in [3.05, 3.63) is 12.7 Å². The minimum Gasteiger partial charge on any atom is -0.377 e. The van der Waals surface area contributed by atoms with Gasteiger partial charge >= 0.3 is 17.5 Å². The molecule has 114 valence electrons. The first-order valence-electron chi connectivity index (χ1n) is 4.28. The van der Waals surface area contributed by atoms with Crippen LogP contribution in [0.2, 0.25) is 0 Å². The molecule has 0 bridgehead atoms. The van der Waals surface area contributed by atoms with Gasteiger partial charge in [-0.15, -0.1) is 6.58 Å². The van der Waals surface area contributed by atoms with E-state index in [-0.39, 0.29) is 6.08 Å². The van der Waals surface area contributed by atoms with E-state index in [9.17, 15) is 35.1 Å². The zero-order chi connectivity index (χ0) is 15.9. The summed E-state index contributed by atoms with van der Waals surface area (Å²) < 4.78 is 102. The molecular weight excluding hydrogens is 335 g/mol. The van der Waals surface area contributed by atoms with Gasteiger partial charge in [0.05, 0.1) is 0 Å². The molecule has 0 amide bonds. The summed E-state index contributed by atoms with van der Waals surface area (Å²) in [4.78, 5) is 0. The standard InChI is InChI=1S/C8H6Cl2F8O/c1-2-3-4(19,8(16,17)18)5(9,11)6(12,13)7(10,14)15/h2,19H,1,3H2. The van der Waals surface area contributed by atoms with Crippen molar-refractivity contribution in [3.63, 3.8) is 0 Å².